The van der Waals surface area contributed by atoms with Gasteiger partial charge in [0.1, 0.15) is 5.82 Å². The summed E-state index contributed by atoms with van der Waals surface area (Å²) in [5, 5.41) is 0. The zero-order valence-corrected chi connectivity index (χ0v) is 12.0. The molecule has 0 radical (unpaired) electrons. The molecule has 0 aromatic carbocycles. The molecule has 1 aromatic rings. The average molecular weight is 247 g/mol. The van der Waals surface area contributed by atoms with Crippen LogP contribution in [0.25, 0.3) is 0 Å². The lowest BCUT2D eigenvalue weighted by molar-refractivity contribution is 0.263. The third-order valence-corrected chi connectivity index (χ3v) is 4.14. The van der Waals surface area contributed by atoms with E-state index in [1.165, 1.54) is 6.42 Å². The van der Waals surface area contributed by atoms with Crippen molar-refractivity contribution in [1.82, 2.24) is 4.98 Å². The van der Waals surface area contributed by atoms with Crippen molar-refractivity contribution < 1.29 is 0 Å². The van der Waals surface area contributed by atoms with Gasteiger partial charge in [-0.1, -0.05) is 26.8 Å². The quantitative estimate of drug-likeness (QED) is 0.873. The minimum Gasteiger partial charge on any atom is -0.356 e. The highest BCUT2D eigenvalue weighted by atomic mass is 15.2. The molecule has 100 valence electrons. The van der Waals surface area contributed by atoms with E-state index in [1.807, 2.05) is 6.92 Å². The molecule has 0 bridgehead atoms. The molecule has 1 unspecified atom stereocenters. The number of nitrogens with zero attached hydrogens (tertiary/aromatic N) is 2. The van der Waals surface area contributed by atoms with Crippen LogP contribution in [0.1, 0.15) is 38.4 Å². The van der Waals surface area contributed by atoms with Crippen molar-refractivity contribution in [3.8, 4) is 0 Å². The molecular formula is C15H25N3. The highest BCUT2D eigenvalue weighted by Gasteiger charge is 2.32. The number of anilines is 1. The standard InChI is InChI=1S/C15H25N3/c1-11-12(9-16)5-6-14(17-11)18-8-7-13(10-18)15(2,3)4/h5-6,13H,7-10,16H2,1-4H3. The predicted octanol–water partition coefficient (Wildman–Crippen LogP) is 2.72. The summed E-state index contributed by atoms with van der Waals surface area (Å²) < 4.78 is 0. The van der Waals surface area contributed by atoms with Crippen molar-refractivity contribution in [2.24, 2.45) is 17.1 Å². The van der Waals surface area contributed by atoms with Gasteiger partial charge in [0.25, 0.3) is 0 Å². The summed E-state index contributed by atoms with van der Waals surface area (Å²) >= 11 is 0. The molecule has 0 saturated carbocycles. The molecule has 3 heteroatoms. The third-order valence-electron chi connectivity index (χ3n) is 4.14. The Morgan fingerprint density at radius 1 is 1.39 bits per heavy atom. The van der Waals surface area contributed by atoms with Gasteiger partial charge in [0.2, 0.25) is 0 Å². The molecule has 3 nitrogen and oxygen atoms in total. The highest BCUT2D eigenvalue weighted by Crippen LogP contribution is 2.35. The second-order valence-electron chi connectivity index (χ2n) is 6.42. The molecule has 1 saturated heterocycles. The Hall–Kier alpha value is -1.09. The maximum Gasteiger partial charge on any atom is 0.128 e. The van der Waals surface area contributed by atoms with Crippen LogP contribution < -0.4 is 10.6 Å². The van der Waals surface area contributed by atoms with Crippen molar-refractivity contribution in [1.29, 1.82) is 0 Å². The van der Waals surface area contributed by atoms with Gasteiger partial charge in [0.05, 0.1) is 0 Å². The first-order chi connectivity index (χ1) is 8.41. The van der Waals surface area contributed by atoms with E-state index in [1.54, 1.807) is 0 Å². The third kappa shape index (κ3) is 2.66. The van der Waals surface area contributed by atoms with Gasteiger partial charge in [0, 0.05) is 25.3 Å². The van der Waals surface area contributed by atoms with Crippen LogP contribution in [0.3, 0.4) is 0 Å². The van der Waals surface area contributed by atoms with Crippen LogP contribution in [-0.2, 0) is 6.54 Å². The Labute approximate surface area is 110 Å². The molecule has 0 aliphatic carbocycles. The summed E-state index contributed by atoms with van der Waals surface area (Å²) in [5.41, 5.74) is 8.28. The van der Waals surface area contributed by atoms with Gasteiger partial charge in [-0.2, -0.15) is 0 Å². The Kier molecular flexibility index (Phi) is 3.62. The average Bonchev–Trinajstić information content (AvgIpc) is 2.77. The summed E-state index contributed by atoms with van der Waals surface area (Å²) in [5.74, 6) is 1.87. The molecule has 0 spiro atoms. The van der Waals surface area contributed by atoms with Crippen LogP contribution in [0.4, 0.5) is 5.82 Å². The van der Waals surface area contributed by atoms with Crippen LogP contribution >= 0.6 is 0 Å². The lowest BCUT2D eigenvalue weighted by atomic mass is 9.80. The lowest BCUT2D eigenvalue weighted by Gasteiger charge is -2.27. The fourth-order valence-electron chi connectivity index (χ4n) is 2.64. The predicted molar refractivity (Wildman–Crippen MR) is 76.6 cm³/mol. The molecule has 2 heterocycles. The van der Waals surface area contributed by atoms with Gasteiger partial charge in [-0.15, -0.1) is 0 Å². The van der Waals surface area contributed by atoms with Gasteiger partial charge in [-0.25, -0.2) is 4.98 Å². The second-order valence-corrected chi connectivity index (χ2v) is 6.42. The van der Waals surface area contributed by atoms with E-state index in [9.17, 15) is 0 Å². The van der Waals surface area contributed by atoms with E-state index >= 15 is 0 Å². The van der Waals surface area contributed by atoms with Gasteiger partial charge >= 0.3 is 0 Å². The molecule has 1 aromatic heterocycles. The number of pyridine rings is 1. The van der Waals surface area contributed by atoms with Crippen molar-refractivity contribution >= 4 is 5.82 Å². The minimum atomic E-state index is 0.390. The fraction of sp³-hybridized carbons (Fsp3) is 0.667. The van der Waals surface area contributed by atoms with E-state index in [4.69, 9.17) is 5.73 Å². The van der Waals surface area contributed by atoms with E-state index in [2.05, 4.69) is 42.8 Å². The van der Waals surface area contributed by atoms with Gasteiger partial charge in [0.15, 0.2) is 0 Å². The SMILES string of the molecule is Cc1nc(N2CCC(C(C)(C)C)C2)ccc1CN. The smallest absolute Gasteiger partial charge is 0.128 e. The van der Waals surface area contributed by atoms with Crippen LogP contribution in [0, 0.1) is 18.3 Å². The number of aromatic nitrogens is 1. The highest BCUT2D eigenvalue weighted by molar-refractivity contribution is 5.42. The van der Waals surface area contributed by atoms with Crippen LogP contribution in [0.15, 0.2) is 12.1 Å². The summed E-state index contributed by atoms with van der Waals surface area (Å²) in [6.07, 6.45) is 1.27. The minimum absolute atomic E-state index is 0.390. The second kappa shape index (κ2) is 4.88. The molecular weight excluding hydrogens is 222 g/mol. The van der Waals surface area contributed by atoms with Crippen molar-refractivity contribution in [3.05, 3.63) is 23.4 Å². The van der Waals surface area contributed by atoms with Crippen molar-refractivity contribution in [3.63, 3.8) is 0 Å². The molecule has 1 aliphatic heterocycles. The van der Waals surface area contributed by atoms with Crippen LogP contribution in [0.5, 0.6) is 0 Å². The largest absolute Gasteiger partial charge is 0.356 e. The zero-order valence-electron chi connectivity index (χ0n) is 12.0. The topological polar surface area (TPSA) is 42.2 Å². The van der Waals surface area contributed by atoms with Gasteiger partial charge < -0.3 is 10.6 Å². The molecule has 2 N–H and O–H groups in total. The van der Waals surface area contributed by atoms with E-state index in [-0.39, 0.29) is 0 Å². The van der Waals surface area contributed by atoms with Gasteiger partial charge in [-0.05, 0) is 36.3 Å². The first-order valence-electron chi connectivity index (χ1n) is 6.83. The van der Waals surface area contributed by atoms with Crippen molar-refractivity contribution in [2.45, 2.75) is 40.7 Å². The Morgan fingerprint density at radius 3 is 2.61 bits per heavy atom. The molecule has 1 aliphatic rings. The summed E-state index contributed by atoms with van der Waals surface area (Å²) in [6, 6.07) is 4.22. The first kappa shape index (κ1) is 13.3. The molecule has 18 heavy (non-hydrogen) atoms. The van der Waals surface area contributed by atoms with E-state index < -0.39 is 0 Å². The van der Waals surface area contributed by atoms with Crippen LogP contribution in [-0.4, -0.2) is 18.1 Å². The molecule has 1 atom stereocenters. The lowest BCUT2D eigenvalue weighted by Crippen LogP contribution is -2.26. The fourth-order valence-corrected chi connectivity index (χ4v) is 2.64. The Bertz CT molecular complexity index is 420. The molecule has 2 rings (SSSR count). The number of hydrogen-bond acceptors (Lipinski definition) is 3. The first-order valence-corrected chi connectivity index (χ1v) is 6.83. The number of aryl methyl sites for hydroxylation is 1. The number of nitrogens with two attached hydrogens (primary N) is 1. The van der Waals surface area contributed by atoms with E-state index in [0.717, 1.165) is 36.1 Å². The Morgan fingerprint density at radius 2 is 2.11 bits per heavy atom. The Balaban J connectivity index is 2.12. The monoisotopic (exact) mass is 247 g/mol. The van der Waals surface area contributed by atoms with Gasteiger partial charge in [-0.3, -0.25) is 0 Å². The maximum absolute atomic E-state index is 5.68. The van der Waals surface area contributed by atoms with Crippen molar-refractivity contribution in [2.75, 3.05) is 18.0 Å². The summed E-state index contributed by atoms with van der Waals surface area (Å²) in [6.45, 7) is 11.9. The molecule has 0 amide bonds. The molecule has 1 fully saturated rings. The normalized spacial score (nSPS) is 20.5. The number of rotatable bonds is 2. The van der Waals surface area contributed by atoms with E-state index in [0.29, 0.717) is 12.0 Å². The van der Waals surface area contributed by atoms with Crippen LogP contribution in [0.2, 0.25) is 0 Å². The maximum atomic E-state index is 5.68. The summed E-state index contributed by atoms with van der Waals surface area (Å²) in [7, 11) is 0. The number of hydrogen-bond donors (Lipinski definition) is 1. The zero-order chi connectivity index (χ0) is 13.3. The summed E-state index contributed by atoms with van der Waals surface area (Å²) in [4.78, 5) is 7.09.